The van der Waals surface area contributed by atoms with Crippen LogP contribution in [0.2, 0.25) is 0 Å². The lowest BCUT2D eigenvalue weighted by atomic mass is 10.2. The van der Waals surface area contributed by atoms with E-state index in [9.17, 15) is 0 Å². The fraction of sp³-hybridized carbons (Fsp3) is 0. The summed E-state index contributed by atoms with van der Waals surface area (Å²) in [5, 5.41) is 0.875. The molecule has 0 bridgehead atoms. The molecule has 0 radical (unpaired) electrons. The van der Waals surface area contributed by atoms with Crippen LogP contribution in [0.3, 0.4) is 0 Å². The number of halogens is 1. The first kappa shape index (κ1) is 7.49. The predicted molar refractivity (Wildman–Crippen MR) is 51.7 cm³/mol. The van der Waals surface area contributed by atoms with Crippen molar-refractivity contribution in [2.24, 2.45) is 0 Å². The molecule has 2 aromatic rings. The maximum Gasteiger partial charge on any atom is 0.135 e. The lowest BCUT2D eigenvalue weighted by molar-refractivity contribution is 1.23. The van der Waals surface area contributed by atoms with E-state index in [0.717, 1.165) is 15.4 Å². The van der Waals surface area contributed by atoms with Crippen molar-refractivity contribution in [2.75, 3.05) is 5.73 Å². The maximum atomic E-state index is 5.68. The highest BCUT2D eigenvalue weighted by molar-refractivity contribution is 9.10. The standard InChI is InChI=1S/C8H6BrN3/c9-5-2-1-3-6-7(5)8(10)12-4-11-6/h1-4H,(H2,10,11,12). The Bertz CT molecular complexity index is 391. The molecule has 0 aliphatic rings. The smallest absolute Gasteiger partial charge is 0.135 e. The van der Waals surface area contributed by atoms with Crippen LogP contribution in [0.4, 0.5) is 5.82 Å². The molecule has 4 heteroatoms. The Hall–Kier alpha value is -1.16. The van der Waals surface area contributed by atoms with Crippen LogP contribution in [0.1, 0.15) is 0 Å². The van der Waals surface area contributed by atoms with Crippen molar-refractivity contribution in [3.8, 4) is 0 Å². The summed E-state index contributed by atoms with van der Waals surface area (Å²) in [6.07, 6.45) is 1.46. The number of fused-ring (bicyclic) bond motifs is 1. The Morgan fingerprint density at radius 3 is 2.83 bits per heavy atom. The summed E-state index contributed by atoms with van der Waals surface area (Å²) in [6.45, 7) is 0. The summed E-state index contributed by atoms with van der Waals surface area (Å²) in [6, 6.07) is 5.74. The van der Waals surface area contributed by atoms with Gasteiger partial charge in [-0.2, -0.15) is 0 Å². The largest absolute Gasteiger partial charge is 0.383 e. The molecule has 0 saturated carbocycles. The van der Waals surface area contributed by atoms with Gasteiger partial charge in [0, 0.05) is 4.47 Å². The second kappa shape index (κ2) is 2.71. The van der Waals surface area contributed by atoms with Gasteiger partial charge in [-0.25, -0.2) is 9.97 Å². The number of benzene rings is 1. The maximum absolute atomic E-state index is 5.68. The molecule has 1 aromatic carbocycles. The average Bonchev–Trinajstić information content (AvgIpc) is 2.04. The normalized spacial score (nSPS) is 10.4. The first-order valence-electron chi connectivity index (χ1n) is 3.44. The number of rotatable bonds is 0. The van der Waals surface area contributed by atoms with Crippen molar-refractivity contribution in [1.29, 1.82) is 0 Å². The van der Waals surface area contributed by atoms with Crippen LogP contribution >= 0.6 is 15.9 Å². The lowest BCUT2D eigenvalue weighted by Gasteiger charge is -2.00. The van der Waals surface area contributed by atoms with E-state index in [1.165, 1.54) is 6.33 Å². The third-order valence-electron chi connectivity index (χ3n) is 1.64. The zero-order chi connectivity index (χ0) is 8.55. The molecule has 0 spiro atoms. The van der Waals surface area contributed by atoms with Crippen LogP contribution in [-0.4, -0.2) is 9.97 Å². The molecule has 1 aromatic heterocycles. The van der Waals surface area contributed by atoms with Crippen molar-refractivity contribution in [1.82, 2.24) is 9.97 Å². The molecule has 2 N–H and O–H groups in total. The number of hydrogen-bond donors (Lipinski definition) is 1. The topological polar surface area (TPSA) is 51.8 Å². The highest BCUT2D eigenvalue weighted by atomic mass is 79.9. The van der Waals surface area contributed by atoms with Gasteiger partial charge >= 0.3 is 0 Å². The minimum absolute atomic E-state index is 0.507. The quantitative estimate of drug-likeness (QED) is 0.744. The second-order valence-electron chi connectivity index (χ2n) is 2.39. The van der Waals surface area contributed by atoms with E-state index in [2.05, 4.69) is 25.9 Å². The monoisotopic (exact) mass is 223 g/mol. The molecule has 0 aliphatic carbocycles. The first-order chi connectivity index (χ1) is 5.79. The van der Waals surface area contributed by atoms with E-state index in [0.29, 0.717) is 5.82 Å². The molecule has 3 nitrogen and oxygen atoms in total. The highest BCUT2D eigenvalue weighted by Gasteiger charge is 2.02. The minimum atomic E-state index is 0.507. The number of nitrogen functional groups attached to an aromatic ring is 1. The molecule has 2 rings (SSSR count). The van der Waals surface area contributed by atoms with E-state index in [-0.39, 0.29) is 0 Å². The molecule has 0 amide bonds. The van der Waals surface area contributed by atoms with Crippen molar-refractivity contribution in [3.63, 3.8) is 0 Å². The molecule has 0 fully saturated rings. The Labute approximate surface area is 77.8 Å². The van der Waals surface area contributed by atoms with Crippen LogP contribution in [0.15, 0.2) is 29.0 Å². The molecular weight excluding hydrogens is 218 g/mol. The molecule has 0 atom stereocenters. The van der Waals surface area contributed by atoms with Gasteiger partial charge in [-0.3, -0.25) is 0 Å². The number of anilines is 1. The summed E-state index contributed by atoms with van der Waals surface area (Å²) >= 11 is 3.39. The van der Waals surface area contributed by atoms with Gasteiger partial charge in [-0.15, -0.1) is 0 Å². The third kappa shape index (κ3) is 1.04. The number of aromatic nitrogens is 2. The summed E-state index contributed by atoms with van der Waals surface area (Å²) in [5.74, 6) is 0.507. The third-order valence-corrected chi connectivity index (χ3v) is 2.30. The van der Waals surface area contributed by atoms with Gasteiger partial charge in [-0.1, -0.05) is 6.07 Å². The van der Waals surface area contributed by atoms with E-state index in [4.69, 9.17) is 5.73 Å². The number of nitrogens with zero attached hydrogens (tertiary/aromatic N) is 2. The van der Waals surface area contributed by atoms with Gasteiger partial charge in [0.1, 0.15) is 12.1 Å². The van der Waals surface area contributed by atoms with Gasteiger partial charge in [0.05, 0.1) is 10.9 Å². The number of nitrogens with two attached hydrogens (primary N) is 1. The van der Waals surface area contributed by atoms with Gasteiger partial charge in [0.15, 0.2) is 0 Å². The first-order valence-corrected chi connectivity index (χ1v) is 4.23. The minimum Gasteiger partial charge on any atom is -0.383 e. The van der Waals surface area contributed by atoms with E-state index in [1.54, 1.807) is 0 Å². The fourth-order valence-corrected chi connectivity index (χ4v) is 1.65. The molecule has 0 aliphatic heterocycles. The second-order valence-corrected chi connectivity index (χ2v) is 3.25. The Kier molecular flexibility index (Phi) is 1.69. The Morgan fingerprint density at radius 2 is 2.08 bits per heavy atom. The molecule has 1 heterocycles. The van der Waals surface area contributed by atoms with Gasteiger partial charge in [0.25, 0.3) is 0 Å². The van der Waals surface area contributed by atoms with Crippen LogP contribution in [-0.2, 0) is 0 Å². The number of hydrogen-bond acceptors (Lipinski definition) is 3. The summed E-state index contributed by atoms with van der Waals surface area (Å²) in [5.41, 5.74) is 6.53. The highest BCUT2D eigenvalue weighted by Crippen LogP contribution is 2.25. The molecule has 60 valence electrons. The van der Waals surface area contributed by atoms with Gasteiger partial charge in [-0.05, 0) is 28.1 Å². The van der Waals surface area contributed by atoms with Crippen molar-refractivity contribution in [2.45, 2.75) is 0 Å². The van der Waals surface area contributed by atoms with Crippen LogP contribution in [0.5, 0.6) is 0 Å². The van der Waals surface area contributed by atoms with E-state index >= 15 is 0 Å². The summed E-state index contributed by atoms with van der Waals surface area (Å²) < 4.78 is 0.929. The van der Waals surface area contributed by atoms with E-state index < -0.39 is 0 Å². The van der Waals surface area contributed by atoms with Crippen LogP contribution in [0, 0.1) is 0 Å². The van der Waals surface area contributed by atoms with Gasteiger partial charge < -0.3 is 5.73 Å². The summed E-state index contributed by atoms with van der Waals surface area (Å²) in [7, 11) is 0. The summed E-state index contributed by atoms with van der Waals surface area (Å²) in [4.78, 5) is 7.99. The van der Waals surface area contributed by atoms with E-state index in [1.807, 2.05) is 18.2 Å². The van der Waals surface area contributed by atoms with Crippen LogP contribution < -0.4 is 5.73 Å². The SMILES string of the molecule is Nc1ncnc2cccc(Br)c12. The zero-order valence-corrected chi connectivity index (χ0v) is 7.75. The Morgan fingerprint density at radius 1 is 1.25 bits per heavy atom. The molecule has 0 saturated heterocycles. The van der Waals surface area contributed by atoms with Gasteiger partial charge in [0.2, 0.25) is 0 Å². The van der Waals surface area contributed by atoms with Crippen LogP contribution in [0.25, 0.3) is 10.9 Å². The molecule has 12 heavy (non-hydrogen) atoms. The molecular formula is C8H6BrN3. The average molecular weight is 224 g/mol. The van der Waals surface area contributed by atoms with Crippen molar-refractivity contribution in [3.05, 3.63) is 29.0 Å². The van der Waals surface area contributed by atoms with Crippen molar-refractivity contribution >= 4 is 32.7 Å². The molecule has 0 unspecified atom stereocenters. The lowest BCUT2D eigenvalue weighted by Crippen LogP contribution is -1.93. The predicted octanol–water partition coefficient (Wildman–Crippen LogP) is 1.97. The Balaban J connectivity index is 2.96. The fourth-order valence-electron chi connectivity index (χ4n) is 1.09. The zero-order valence-electron chi connectivity index (χ0n) is 6.16. The van der Waals surface area contributed by atoms with Crippen molar-refractivity contribution < 1.29 is 0 Å².